The van der Waals surface area contributed by atoms with Crippen molar-refractivity contribution < 1.29 is 0 Å². The summed E-state index contributed by atoms with van der Waals surface area (Å²) in [5, 5.41) is 0. The predicted molar refractivity (Wildman–Crippen MR) is 110 cm³/mol. The summed E-state index contributed by atoms with van der Waals surface area (Å²) in [6, 6.07) is 3.87. The molecule has 0 aliphatic carbocycles. The number of H-pyrrole nitrogens is 1. The molecule has 0 saturated carbocycles. The quantitative estimate of drug-likeness (QED) is 0.297. The maximum atomic E-state index is 11.6. The largest absolute Gasteiger partial charge is 0.329 e. The number of nitrogens with one attached hydrogen (secondary N) is 1. The summed E-state index contributed by atoms with van der Waals surface area (Å²) in [7, 11) is 0. The van der Waals surface area contributed by atoms with E-state index in [1.54, 1.807) is 6.20 Å². The van der Waals surface area contributed by atoms with Gasteiger partial charge < -0.3 is 4.98 Å². The second-order valence-corrected chi connectivity index (χ2v) is 7.58. The van der Waals surface area contributed by atoms with Crippen molar-refractivity contribution in [1.82, 2.24) is 4.98 Å². The minimum absolute atomic E-state index is 0.0865. The van der Waals surface area contributed by atoms with Gasteiger partial charge in [0.25, 0.3) is 5.56 Å². The zero-order valence-electron chi connectivity index (χ0n) is 16.7. The van der Waals surface area contributed by atoms with Crippen LogP contribution >= 0.6 is 0 Å². The summed E-state index contributed by atoms with van der Waals surface area (Å²) in [6.07, 6.45) is 24.9. The lowest BCUT2D eigenvalue weighted by Gasteiger charge is -2.03. The molecule has 1 rings (SSSR count). The Hall–Kier alpha value is -1.05. The second kappa shape index (κ2) is 16.4. The normalized spacial score (nSPS) is 11.1. The Labute approximate surface area is 155 Å². The maximum absolute atomic E-state index is 11.6. The van der Waals surface area contributed by atoms with Gasteiger partial charge in [0.2, 0.25) is 0 Å². The van der Waals surface area contributed by atoms with E-state index < -0.39 is 0 Å². The lowest BCUT2D eigenvalue weighted by molar-refractivity contribution is 0.529. The van der Waals surface area contributed by atoms with Gasteiger partial charge in [-0.1, -0.05) is 109 Å². The highest BCUT2D eigenvalue weighted by molar-refractivity contribution is 5.08. The highest BCUT2D eigenvalue weighted by Gasteiger charge is 1.98. The van der Waals surface area contributed by atoms with Crippen LogP contribution in [0.25, 0.3) is 0 Å². The molecule has 25 heavy (non-hydrogen) atoms. The molecule has 2 nitrogen and oxygen atoms in total. The monoisotopic (exact) mass is 347 g/mol. The fraction of sp³-hybridized carbons (Fsp3) is 0.783. The molecule has 0 fully saturated rings. The van der Waals surface area contributed by atoms with Crippen LogP contribution in [0.5, 0.6) is 0 Å². The van der Waals surface area contributed by atoms with E-state index in [-0.39, 0.29) is 5.56 Å². The molecular weight excluding hydrogens is 306 g/mol. The molecule has 0 atom stereocenters. The molecule has 0 aliphatic heterocycles. The average Bonchev–Trinajstić information content (AvgIpc) is 2.63. The Morgan fingerprint density at radius 2 is 1.12 bits per heavy atom. The van der Waals surface area contributed by atoms with E-state index in [2.05, 4.69) is 11.9 Å². The van der Waals surface area contributed by atoms with Crippen LogP contribution in [0.2, 0.25) is 0 Å². The molecule has 0 amide bonds. The van der Waals surface area contributed by atoms with Crippen molar-refractivity contribution >= 4 is 0 Å². The third kappa shape index (κ3) is 12.9. The molecule has 0 aliphatic rings. The van der Waals surface area contributed by atoms with Crippen molar-refractivity contribution in [3.8, 4) is 0 Å². The van der Waals surface area contributed by atoms with Gasteiger partial charge in [0, 0.05) is 11.8 Å². The van der Waals surface area contributed by atoms with Crippen LogP contribution in [0.15, 0.2) is 23.1 Å². The molecule has 2 heteroatoms. The van der Waals surface area contributed by atoms with Crippen molar-refractivity contribution in [2.24, 2.45) is 0 Å². The van der Waals surface area contributed by atoms with Gasteiger partial charge in [-0.15, -0.1) is 0 Å². The third-order valence-corrected chi connectivity index (χ3v) is 5.20. The number of hydrogen-bond acceptors (Lipinski definition) is 1. The summed E-state index contributed by atoms with van der Waals surface area (Å²) >= 11 is 0. The molecule has 0 unspecified atom stereocenters. The van der Waals surface area contributed by atoms with Crippen molar-refractivity contribution in [3.63, 3.8) is 0 Å². The summed E-state index contributed by atoms with van der Waals surface area (Å²) in [4.78, 5) is 14.3. The highest BCUT2D eigenvalue weighted by Crippen LogP contribution is 2.14. The zero-order chi connectivity index (χ0) is 18.0. The standard InChI is InChI=1S/C23H41NO/c1-2-3-4-5-6-7-8-9-10-11-12-13-14-15-16-17-19-22-20-18-21-24-23(22)25/h18,20-21H,2-17,19H2,1H3,(H,24,25). The Morgan fingerprint density at radius 1 is 0.680 bits per heavy atom. The first-order valence-electron chi connectivity index (χ1n) is 11.0. The number of pyridine rings is 1. The third-order valence-electron chi connectivity index (χ3n) is 5.20. The van der Waals surface area contributed by atoms with Gasteiger partial charge >= 0.3 is 0 Å². The lowest BCUT2D eigenvalue weighted by atomic mass is 10.0. The first-order valence-corrected chi connectivity index (χ1v) is 11.0. The van der Waals surface area contributed by atoms with Gasteiger partial charge in [0.1, 0.15) is 0 Å². The average molecular weight is 348 g/mol. The number of rotatable bonds is 17. The predicted octanol–water partition coefficient (Wildman–Crippen LogP) is 7.18. The van der Waals surface area contributed by atoms with Crippen LogP contribution in [0.4, 0.5) is 0 Å². The zero-order valence-corrected chi connectivity index (χ0v) is 16.7. The minimum atomic E-state index is 0.0865. The van der Waals surface area contributed by atoms with E-state index in [0.29, 0.717) is 0 Å². The number of hydrogen-bond donors (Lipinski definition) is 1. The summed E-state index contributed by atoms with van der Waals surface area (Å²) in [5.41, 5.74) is 1.02. The van der Waals surface area contributed by atoms with Gasteiger partial charge in [0.15, 0.2) is 0 Å². The van der Waals surface area contributed by atoms with Gasteiger partial charge in [-0.25, -0.2) is 0 Å². The molecule has 0 bridgehead atoms. The number of aromatic nitrogens is 1. The molecule has 0 radical (unpaired) electrons. The van der Waals surface area contributed by atoms with Crippen LogP contribution in [0.1, 0.15) is 115 Å². The summed E-state index contributed by atoms with van der Waals surface area (Å²) in [5.74, 6) is 0. The Balaban J connectivity index is 1.76. The van der Waals surface area contributed by atoms with Crippen LogP contribution in [-0.2, 0) is 6.42 Å². The van der Waals surface area contributed by atoms with E-state index >= 15 is 0 Å². The van der Waals surface area contributed by atoms with Crippen LogP contribution in [0.3, 0.4) is 0 Å². The number of aryl methyl sites for hydroxylation is 1. The molecule has 144 valence electrons. The van der Waals surface area contributed by atoms with Crippen LogP contribution < -0.4 is 5.56 Å². The molecule has 1 aromatic rings. The van der Waals surface area contributed by atoms with Crippen molar-refractivity contribution in [2.45, 2.75) is 116 Å². The second-order valence-electron chi connectivity index (χ2n) is 7.58. The van der Waals surface area contributed by atoms with E-state index in [4.69, 9.17) is 0 Å². The molecule has 1 N–H and O–H groups in total. The first-order chi connectivity index (χ1) is 12.3. The maximum Gasteiger partial charge on any atom is 0.251 e. The van der Waals surface area contributed by atoms with Gasteiger partial charge in [-0.05, 0) is 18.9 Å². The van der Waals surface area contributed by atoms with Gasteiger partial charge in [-0.3, -0.25) is 4.79 Å². The van der Waals surface area contributed by atoms with Crippen LogP contribution in [-0.4, -0.2) is 4.98 Å². The van der Waals surface area contributed by atoms with Gasteiger partial charge in [0.05, 0.1) is 0 Å². The van der Waals surface area contributed by atoms with Gasteiger partial charge in [-0.2, -0.15) is 0 Å². The Bertz CT molecular complexity index is 451. The first kappa shape index (κ1) is 22.0. The summed E-state index contributed by atoms with van der Waals surface area (Å²) in [6.45, 7) is 2.28. The molecular formula is C23H41NO. The molecule has 0 aromatic carbocycles. The van der Waals surface area contributed by atoms with Crippen molar-refractivity contribution in [2.75, 3.05) is 0 Å². The molecule has 1 heterocycles. The fourth-order valence-corrected chi connectivity index (χ4v) is 3.52. The SMILES string of the molecule is CCCCCCCCCCCCCCCCCCc1ccc[nH]c1=O. The molecule has 0 saturated heterocycles. The number of unbranched alkanes of at least 4 members (excludes halogenated alkanes) is 15. The van der Waals surface area contributed by atoms with Crippen LogP contribution in [0, 0.1) is 0 Å². The Morgan fingerprint density at radius 3 is 1.56 bits per heavy atom. The molecule has 0 spiro atoms. The van der Waals surface area contributed by atoms with E-state index in [0.717, 1.165) is 18.4 Å². The van der Waals surface area contributed by atoms with E-state index in [1.807, 2.05) is 12.1 Å². The topological polar surface area (TPSA) is 32.9 Å². The van der Waals surface area contributed by atoms with E-state index in [9.17, 15) is 4.79 Å². The smallest absolute Gasteiger partial charge is 0.251 e. The Kier molecular flexibility index (Phi) is 14.4. The molecule has 1 aromatic heterocycles. The number of aromatic amines is 1. The van der Waals surface area contributed by atoms with E-state index in [1.165, 1.54) is 96.3 Å². The fourth-order valence-electron chi connectivity index (χ4n) is 3.52. The minimum Gasteiger partial charge on any atom is -0.329 e. The highest BCUT2D eigenvalue weighted by atomic mass is 16.1. The summed E-state index contributed by atoms with van der Waals surface area (Å²) < 4.78 is 0. The lowest BCUT2D eigenvalue weighted by Crippen LogP contribution is -2.10. The van der Waals surface area contributed by atoms with Crippen molar-refractivity contribution in [3.05, 3.63) is 34.2 Å². The van der Waals surface area contributed by atoms with Crippen molar-refractivity contribution in [1.29, 1.82) is 0 Å².